The third kappa shape index (κ3) is 6.77. The van der Waals surface area contributed by atoms with Crippen molar-refractivity contribution in [1.82, 2.24) is 4.72 Å². The molecule has 1 unspecified atom stereocenters. The fourth-order valence-electron chi connectivity index (χ4n) is 2.28. The summed E-state index contributed by atoms with van der Waals surface area (Å²) >= 11 is 0. The highest BCUT2D eigenvalue weighted by Gasteiger charge is 2.21. The summed E-state index contributed by atoms with van der Waals surface area (Å²) in [6.45, 7) is -1.99. The molecular formula is C20H18F2N2O6S. The van der Waals surface area contributed by atoms with Gasteiger partial charge in [0.15, 0.2) is 6.10 Å². The zero-order valence-electron chi connectivity index (χ0n) is 16.2. The van der Waals surface area contributed by atoms with Crippen LogP contribution >= 0.6 is 0 Å². The lowest BCUT2D eigenvalue weighted by Crippen LogP contribution is -2.30. The van der Waals surface area contributed by atoms with Gasteiger partial charge in [0.25, 0.3) is 5.91 Å². The molecule has 2 rings (SSSR count). The van der Waals surface area contributed by atoms with Gasteiger partial charge >= 0.3 is 12.6 Å². The summed E-state index contributed by atoms with van der Waals surface area (Å²) in [6, 6.07) is 10.3. The Labute approximate surface area is 177 Å². The maximum absolute atomic E-state index is 12.5. The number of hydrogen-bond acceptors (Lipinski definition) is 6. The fraction of sp³-hybridized carbons (Fsp3) is 0.200. The third-order valence-corrected chi connectivity index (χ3v) is 5.20. The van der Waals surface area contributed by atoms with Crippen molar-refractivity contribution >= 4 is 27.6 Å². The molecule has 31 heavy (non-hydrogen) atoms. The number of rotatable bonds is 9. The first kappa shape index (κ1) is 23.8. The molecule has 2 aromatic carbocycles. The van der Waals surface area contributed by atoms with Crippen molar-refractivity contribution in [3.8, 4) is 18.1 Å². The van der Waals surface area contributed by atoms with E-state index in [0.717, 1.165) is 0 Å². The van der Waals surface area contributed by atoms with Gasteiger partial charge in [0, 0.05) is 0 Å². The minimum Gasteiger partial charge on any atom is -0.449 e. The SMILES string of the molecule is C#CCNS(=O)(=O)c1ccc(C(=O)OC(C)C(=O)Nc2ccccc2OC(F)F)cc1. The number of para-hydroxylation sites is 2. The van der Waals surface area contributed by atoms with Gasteiger partial charge in [0.2, 0.25) is 10.0 Å². The van der Waals surface area contributed by atoms with Crippen LogP contribution in [0, 0.1) is 12.3 Å². The summed E-state index contributed by atoms with van der Waals surface area (Å²) in [5, 5.41) is 2.34. The fourth-order valence-corrected chi connectivity index (χ4v) is 3.21. The molecule has 0 bridgehead atoms. The Morgan fingerprint density at radius 1 is 1.13 bits per heavy atom. The van der Waals surface area contributed by atoms with Crippen LogP contribution in [0.4, 0.5) is 14.5 Å². The minimum absolute atomic E-state index is 0.00279. The lowest BCUT2D eigenvalue weighted by Gasteiger charge is -2.16. The van der Waals surface area contributed by atoms with E-state index in [1.165, 1.54) is 55.5 Å². The van der Waals surface area contributed by atoms with Gasteiger partial charge in [-0.05, 0) is 43.3 Å². The average molecular weight is 452 g/mol. The van der Waals surface area contributed by atoms with Crippen LogP contribution < -0.4 is 14.8 Å². The highest BCUT2D eigenvalue weighted by Crippen LogP contribution is 2.25. The Bertz CT molecular complexity index is 1080. The maximum atomic E-state index is 12.5. The highest BCUT2D eigenvalue weighted by atomic mass is 32.2. The molecule has 0 aliphatic carbocycles. The quantitative estimate of drug-likeness (QED) is 0.447. The van der Waals surface area contributed by atoms with Crippen LogP contribution in [0.2, 0.25) is 0 Å². The lowest BCUT2D eigenvalue weighted by atomic mass is 10.2. The van der Waals surface area contributed by atoms with Crippen molar-refractivity contribution in [1.29, 1.82) is 0 Å². The Hall–Kier alpha value is -3.49. The number of ether oxygens (including phenoxy) is 2. The molecule has 0 fully saturated rings. The Balaban J connectivity index is 2.02. The molecular weight excluding hydrogens is 434 g/mol. The maximum Gasteiger partial charge on any atom is 0.387 e. The monoisotopic (exact) mass is 452 g/mol. The Morgan fingerprint density at radius 2 is 1.77 bits per heavy atom. The summed E-state index contributed by atoms with van der Waals surface area (Å²) in [6.07, 6.45) is 3.73. The topological polar surface area (TPSA) is 111 Å². The number of halogens is 2. The van der Waals surface area contributed by atoms with Gasteiger partial charge in [-0.2, -0.15) is 13.5 Å². The first-order chi connectivity index (χ1) is 14.6. The molecule has 1 amide bonds. The van der Waals surface area contributed by atoms with E-state index >= 15 is 0 Å². The standard InChI is InChI=1S/C20H18F2N2O6S/c1-3-12-23-31(27,28)15-10-8-14(9-11-15)19(26)29-13(2)18(25)24-16-6-4-5-7-17(16)30-20(21)22/h1,4-11,13,20,23H,12H2,2H3,(H,24,25). The molecule has 0 heterocycles. The van der Waals surface area contributed by atoms with Crippen molar-refractivity contribution in [3.63, 3.8) is 0 Å². The number of amides is 1. The number of carbonyl (C=O) groups excluding carboxylic acids is 2. The first-order valence-electron chi connectivity index (χ1n) is 8.73. The van der Waals surface area contributed by atoms with Gasteiger partial charge in [-0.3, -0.25) is 4.79 Å². The van der Waals surface area contributed by atoms with Crippen LogP contribution in [-0.4, -0.2) is 39.6 Å². The van der Waals surface area contributed by atoms with Crippen LogP contribution in [0.5, 0.6) is 5.75 Å². The normalized spacial score (nSPS) is 12.0. The molecule has 0 saturated heterocycles. The minimum atomic E-state index is -3.82. The zero-order valence-corrected chi connectivity index (χ0v) is 17.0. The van der Waals surface area contributed by atoms with Gasteiger partial charge in [-0.25, -0.2) is 13.2 Å². The van der Waals surface area contributed by atoms with Gasteiger partial charge in [-0.1, -0.05) is 18.1 Å². The van der Waals surface area contributed by atoms with Crippen LogP contribution in [0.15, 0.2) is 53.4 Å². The number of alkyl halides is 2. The number of sulfonamides is 1. The highest BCUT2D eigenvalue weighted by molar-refractivity contribution is 7.89. The molecule has 0 aromatic heterocycles. The molecule has 0 spiro atoms. The van der Waals surface area contributed by atoms with E-state index in [1.807, 2.05) is 0 Å². The van der Waals surface area contributed by atoms with Crippen LogP contribution in [-0.2, 0) is 19.6 Å². The predicted molar refractivity (Wildman–Crippen MR) is 107 cm³/mol. The molecule has 164 valence electrons. The van der Waals surface area contributed by atoms with E-state index in [0.29, 0.717) is 0 Å². The summed E-state index contributed by atoms with van der Waals surface area (Å²) in [5.41, 5.74) is -0.0262. The van der Waals surface area contributed by atoms with Crippen molar-refractivity contribution in [2.45, 2.75) is 24.5 Å². The van der Waals surface area contributed by atoms with Gasteiger partial charge in [-0.15, -0.1) is 6.42 Å². The Kier molecular flexibility index (Phi) is 8.07. The molecule has 0 saturated carbocycles. The predicted octanol–water partition coefficient (Wildman–Crippen LogP) is 2.38. The van der Waals surface area contributed by atoms with E-state index in [1.54, 1.807) is 0 Å². The number of nitrogens with one attached hydrogen (secondary N) is 2. The molecule has 2 N–H and O–H groups in total. The molecule has 0 aliphatic rings. The van der Waals surface area contributed by atoms with Gasteiger partial charge in [0.05, 0.1) is 22.7 Å². The smallest absolute Gasteiger partial charge is 0.387 e. The molecule has 1 atom stereocenters. The molecule has 11 heteroatoms. The van der Waals surface area contributed by atoms with E-state index in [-0.39, 0.29) is 28.4 Å². The van der Waals surface area contributed by atoms with Crippen LogP contribution in [0.3, 0.4) is 0 Å². The summed E-state index contributed by atoms with van der Waals surface area (Å²) in [5.74, 6) is 0.218. The second-order valence-corrected chi connectivity index (χ2v) is 7.73. The number of esters is 1. The summed E-state index contributed by atoms with van der Waals surface area (Å²) in [7, 11) is -3.82. The van der Waals surface area contributed by atoms with E-state index in [9.17, 15) is 26.8 Å². The second kappa shape index (κ2) is 10.5. The van der Waals surface area contributed by atoms with Crippen LogP contribution in [0.1, 0.15) is 17.3 Å². The average Bonchev–Trinajstić information content (AvgIpc) is 2.73. The van der Waals surface area contributed by atoms with Crippen LogP contribution in [0.25, 0.3) is 0 Å². The molecule has 8 nitrogen and oxygen atoms in total. The number of carbonyl (C=O) groups is 2. The zero-order chi connectivity index (χ0) is 23.0. The van der Waals surface area contributed by atoms with E-state index in [2.05, 4.69) is 20.7 Å². The van der Waals surface area contributed by atoms with E-state index < -0.39 is 34.6 Å². The lowest BCUT2D eigenvalue weighted by molar-refractivity contribution is -0.123. The summed E-state index contributed by atoms with van der Waals surface area (Å²) < 4.78 is 60.4. The van der Waals surface area contributed by atoms with E-state index in [4.69, 9.17) is 11.2 Å². The van der Waals surface area contributed by atoms with Crippen molar-refractivity contribution in [2.75, 3.05) is 11.9 Å². The van der Waals surface area contributed by atoms with Gasteiger partial charge in [0.1, 0.15) is 5.75 Å². The molecule has 2 aromatic rings. The van der Waals surface area contributed by atoms with Crippen molar-refractivity contribution in [2.24, 2.45) is 0 Å². The number of terminal acetylenes is 1. The van der Waals surface area contributed by atoms with Crippen molar-refractivity contribution in [3.05, 3.63) is 54.1 Å². The Morgan fingerprint density at radius 3 is 2.39 bits per heavy atom. The van der Waals surface area contributed by atoms with Gasteiger partial charge < -0.3 is 14.8 Å². The third-order valence-electron chi connectivity index (χ3n) is 3.78. The van der Waals surface area contributed by atoms with Crippen molar-refractivity contribution < 1.29 is 36.3 Å². The molecule has 0 radical (unpaired) electrons. The summed E-state index contributed by atoms with van der Waals surface area (Å²) in [4.78, 5) is 24.4. The number of hydrogen-bond donors (Lipinski definition) is 2. The largest absolute Gasteiger partial charge is 0.449 e. The number of anilines is 1. The molecule has 0 aliphatic heterocycles. The number of benzene rings is 2. The first-order valence-corrected chi connectivity index (χ1v) is 10.2. The second-order valence-electron chi connectivity index (χ2n) is 5.96.